The molecule has 20 heavy (non-hydrogen) atoms. The van der Waals surface area contributed by atoms with Crippen LogP contribution in [0, 0.1) is 5.41 Å². The second-order valence-corrected chi connectivity index (χ2v) is 4.91. The number of hydrogen-bond acceptors (Lipinski definition) is 6. The molecule has 4 N–H and O–H groups in total. The normalized spacial score (nSPS) is 25.1. The zero-order chi connectivity index (χ0) is 14.1. The van der Waals surface area contributed by atoms with Crippen molar-refractivity contribution in [3.63, 3.8) is 0 Å². The van der Waals surface area contributed by atoms with Crippen molar-refractivity contribution >= 4 is 17.2 Å². The number of nitrogens with one attached hydrogen (secondary N) is 3. The van der Waals surface area contributed by atoms with Gasteiger partial charge in [-0.25, -0.2) is 9.37 Å². The summed E-state index contributed by atoms with van der Waals surface area (Å²) >= 11 is 0. The van der Waals surface area contributed by atoms with Gasteiger partial charge < -0.3 is 20.7 Å². The average molecular weight is 277 g/mol. The summed E-state index contributed by atoms with van der Waals surface area (Å²) in [4.78, 5) is 6.12. The third kappa shape index (κ3) is 2.50. The van der Waals surface area contributed by atoms with Crippen molar-refractivity contribution in [3.8, 4) is 0 Å². The van der Waals surface area contributed by atoms with Crippen LogP contribution >= 0.6 is 0 Å². The maximum Gasteiger partial charge on any atom is 0.135 e. The van der Waals surface area contributed by atoms with Gasteiger partial charge in [-0.2, -0.15) is 0 Å². The fraction of sp³-hybridized carbons (Fsp3) is 0.385. The molecule has 0 radical (unpaired) electrons. The van der Waals surface area contributed by atoms with E-state index in [0.717, 1.165) is 11.5 Å². The maximum absolute atomic E-state index is 12.8. The van der Waals surface area contributed by atoms with Crippen LogP contribution in [0.15, 0.2) is 30.1 Å². The Morgan fingerprint density at radius 2 is 2.30 bits per heavy atom. The number of aromatic nitrogens is 1. The van der Waals surface area contributed by atoms with Crippen LogP contribution in [0.1, 0.15) is 0 Å². The summed E-state index contributed by atoms with van der Waals surface area (Å²) in [6.45, 7) is 1.17. The van der Waals surface area contributed by atoms with Gasteiger partial charge in [0.1, 0.15) is 18.2 Å². The Balaban J connectivity index is 1.64. The van der Waals surface area contributed by atoms with Crippen molar-refractivity contribution in [2.45, 2.75) is 12.4 Å². The van der Waals surface area contributed by atoms with Crippen LogP contribution in [-0.4, -0.2) is 47.8 Å². The predicted octanol–water partition coefficient (Wildman–Crippen LogP) is 0.477. The molecule has 1 aromatic rings. The Bertz CT molecular complexity index is 538. The molecule has 3 heterocycles. The minimum atomic E-state index is -0.801. The van der Waals surface area contributed by atoms with Crippen LogP contribution in [0.4, 0.5) is 15.9 Å². The number of alkyl halides is 1. The molecule has 0 amide bonds. The van der Waals surface area contributed by atoms with Crippen LogP contribution in [0.5, 0.6) is 0 Å². The van der Waals surface area contributed by atoms with Crippen LogP contribution in [-0.2, 0) is 0 Å². The van der Waals surface area contributed by atoms with Crippen molar-refractivity contribution in [2.75, 3.05) is 29.9 Å². The lowest BCUT2D eigenvalue weighted by Gasteiger charge is -2.35. The third-order valence-electron chi connectivity index (χ3n) is 3.42. The lowest BCUT2D eigenvalue weighted by molar-refractivity contribution is 0.195. The first-order chi connectivity index (χ1) is 9.63. The molecule has 106 valence electrons. The van der Waals surface area contributed by atoms with E-state index in [0.29, 0.717) is 30.9 Å². The van der Waals surface area contributed by atoms with Gasteiger partial charge in [0.15, 0.2) is 0 Å². The molecule has 0 saturated carbocycles. The molecule has 0 bridgehead atoms. The summed E-state index contributed by atoms with van der Waals surface area (Å²) in [5, 5.41) is 23.0. The summed E-state index contributed by atoms with van der Waals surface area (Å²) in [6, 6.07) is 3.66. The van der Waals surface area contributed by atoms with Crippen molar-refractivity contribution in [2.24, 2.45) is 0 Å². The van der Waals surface area contributed by atoms with Gasteiger partial charge in [0.2, 0.25) is 0 Å². The molecule has 2 aliphatic heterocycles. The first-order valence-electron chi connectivity index (χ1n) is 6.44. The van der Waals surface area contributed by atoms with E-state index >= 15 is 0 Å². The van der Waals surface area contributed by atoms with Gasteiger partial charge in [-0.3, -0.25) is 5.32 Å². The topological polar surface area (TPSA) is 84.3 Å². The molecule has 1 unspecified atom stereocenters. The van der Waals surface area contributed by atoms with Crippen LogP contribution in [0.25, 0.3) is 0 Å². The Kier molecular flexibility index (Phi) is 3.37. The Morgan fingerprint density at radius 1 is 1.50 bits per heavy atom. The number of anilines is 2. The van der Waals surface area contributed by atoms with Gasteiger partial charge in [0, 0.05) is 18.3 Å². The van der Waals surface area contributed by atoms with E-state index in [1.165, 1.54) is 0 Å². The number of nitrogens with zero attached hydrogens (tertiary/aromatic N) is 2. The maximum atomic E-state index is 12.8. The van der Waals surface area contributed by atoms with Gasteiger partial charge in [-0.05, 0) is 12.1 Å². The molecule has 1 atom stereocenters. The molecule has 2 saturated heterocycles. The Labute approximate surface area is 115 Å². The summed E-state index contributed by atoms with van der Waals surface area (Å²) in [6.07, 6.45) is 1.70. The number of rotatable bonds is 3. The predicted molar refractivity (Wildman–Crippen MR) is 74.8 cm³/mol. The molecule has 0 aromatic carbocycles. The Morgan fingerprint density at radius 3 is 2.85 bits per heavy atom. The highest BCUT2D eigenvalue weighted by molar-refractivity contribution is 6.02. The minimum Gasteiger partial charge on any atom is -0.374 e. The lowest BCUT2D eigenvalue weighted by Crippen LogP contribution is -2.48. The van der Waals surface area contributed by atoms with Crippen LogP contribution in [0.2, 0.25) is 0 Å². The molecule has 2 aliphatic rings. The molecule has 0 spiro atoms. The summed E-state index contributed by atoms with van der Waals surface area (Å²) in [5.74, 6) is 0.757. The molecule has 0 aliphatic carbocycles. The lowest BCUT2D eigenvalue weighted by atomic mass is 10.2. The number of pyridine rings is 1. The summed E-state index contributed by atoms with van der Waals surface area (Å²) in [7, 11) is 0. The number of halogens is 1. The van der Waals surface area contributed by atoms with E-state index in [9.17, 15) is 9.50 Å². The SMILES string of the molecule is N=C1CNC(O)/C1=C/Nc1ccc(N2CC(F)C2)nc1. The second kappa shape index (κ2) is 5.18. The number of aliphatic hydroxyl groups excluding tert-OH is 1. The van der Waals surface area contributed by atoms with Gasteiger partial charge in [0.05, 0.1) is 30.7 Å². The molecule has 1 aromatic heterocycles. The zero-order valence-corrected chi connectivity index (χ0v) is 10.8. The van der Waals surface area contributed by atoms with E-state index in [2.05, 4.69) is 15.6 Å². The fourth-order valence-electron chi connectivity index (χ4n) is 2.17. The van der Waals surface area contributed by atoms with Crippen LogP contribution < -0.4 is 15.5 Å². The quantitative estimate of drug-likeness (QED) is 0.646. The Hall–Kier alpha value is -1.99. The molecule has 3 rings (SSSR count). The van der Waals surface area contributed by atoms with Crippen molar-refractivity contribution < 1.29 is 9.50 Å². The summed E-state index contributed by atoms with van der Waals surface area (Å²) < 4.78 is 12.8. The monoisotopic (exact) mass is 277 g/mol. The van der Waals surface area contributed by atoms with E-state index < -0.39 is 12.4 Å². The molecular weight excluding hydrogens is 261 g/mol. The number of hydrogen-bond donors (Lipinski definition) is 4. The van der Waals surface area contributed by atoms with Gasteiger partial charge in [0.25, 0.3) is 0 Å². The first-order valence-corrected chi connectivity index (χ1v) is 6.44. The van der Waals surface area contributed by atoms with Gasteiger partial charge in [-0.15, -0.1) is 0 Å². The van der Waals surface area contributed by atoms with Crippen molar-refractivity contribution in [3.05, 3.63) is 30.1 Å². The van der Waals surface area contributed by atoms with Crippen molar-refractivity contribution in [1.82, 2.24) is 10.3 Å². The highest BCUT2D eigenvalue weighted by Gasteiger charge is 2.27. The van der Waals surface area contributed by atoms with E-state index in [1.807, 2.05) is 17.0 Å². The standard InChI is InChI=1S/C13H16FN5O/c14-8-6-19(7-8)12-2-1-9(3-17-12)16-4-10-11(15)5-18-13(10)20/h1-4,8,13,15-16,18,20H,5-7H2/b10-4+,15-11?. The molecule has 6 nitrogen and oxygen atoms in total. The van der Waals surface area contributed by atoms with E-state index in [4.69, 9.17) is 5.41 Å². The molecule has 2 fully saturated rings. The van der Waals surface area contributed by atoms with Gasteiger partial charge in [-0.1, -0.05) is 0 Å². The van der Waals surface area contributed by atoms with Gasteiger partial charge >= 0.3 is 0 Å². The van der Waals surface area contributed by atoms with E-state index in [-0.39, 0.29) is 0 Å². The fourth-order valence-corrected chi connectivity index (χ4v) is 2.17. The minimum absolute atomic E-state index is 0.365. The zero-order valence-electron chi connectivity index (χ0n) is 10.8. The smallest absolute Gasteiger partial charge is 0.135 e. The number of aliphatic hydroxyl groups is 1. The molecular formula is C13H16FN5O. The molecule has 7 heteroatoms. The van der Waals surface area contributed by atoms with E-state index in [1.54, 1.807) is 12.4 Å². The van der Waals surface area contributed by atoms with Crippen LogP contribution in [0.3, 0.4) is 0 Å². The van der Waals surface area contributed by atoms with Crippen molar-refractivity contribution in [1.29, 1.82) is 5.41 Å². The highest BCUT2D eigenvalue weighted by Crippen LogP contribution is 2.21. The largest absolute Gasteiger partial charge is 0.374 e. The first kappa shape index (κ1) is 13.0. The second-order valence-electron chi connectivity index (χ2n) is 4.91. The summed E-state index contributed by atoms with van der Waals surface area (Å²) in [5.41, 5.74) is 1.65. The average Bonchev–Trinajstić information content (AvgIpc) is 2.73. The third-order valence-corrected chi connectivity index (χ3v) is 3.42. The highest BCUT2D eigenvalue weighted by atomic mass is 19.1.